The fraction of sp³-hybridized carbons (Fsp3) is 0.636. The van der Waals surface area contributed by atoms with Gasteiger partial charge in [0, 0.05) is 18.3 Å². The van der Waals surface area contributed by atoms with Crippen molar-refractivity contribution in [1.82, 2.24) is 9.80 Å². The Balaban J connectivity index is 0.00000420. The van der Waals surface area contributed by atoms with Gasteiger partial charge in [0.2, 0.25) is 5.91 Å². The second kappa shape index (κ2) is 12.2. The van der Waals surface area contributed by atoms with Crippen LogP contribution in [-0.4, -0.2) is 65.5 Å². The van der Waals surface area contributed by atoms with Gasteiger partial charge in [0.15, 0.2) is 0 Å². The quantitative estimate of drug-likeness (QED) is 0.667. The monoisotopic (exact) mass is 425 g/mol. The summed E-state index contributed by atoms with van der Waals surface area (Å²) in [5.41, 5.74) is 3.32. The number of rotatable bonds is 8. The molecule has 0 radical (unpaired) electrons. The highest BCUT2D eigenvalue weighted by atomic mass is 35.5. The third-order valence-corrected chi connectivity index (χ3v) is 5.91. The molecule has 1 aromatic rings. The lowest BCUT2D eigenvalue weighted by Crippen LogP contribution is -2.43. The van der Waals surface area contributed by atoms with Gasteiger partial charge in [-0.1, -0.05) is 32.0 Å². The van der Waals surface area contributed by atoms with E-state index in [4.69, 9.17) is 5.11 Å². The van der Waals surface area contributed by atoms with Crippen molar-refractivity contribution in [2.75, 3.05) is 32.0 Å². The number of carboxylic acids is 1. The molecule has 2 unspecified atom stereocenters. The third kappa shape index (κ3) is 6.98. The first-order valence-electron chi connectivity index (χ1n) is 10.4. The Morgan fingerprint density at radius 3 is 2.38 bits per heavy atom. The second-order valence-corrected chi connectivity index (χ2v) is 7.75. The van der Waals surface area contributed by atoms with Crippen LogP contribution in [0.5, 0.6) is 0 Å². The lowest BCUT2D eigenvalue weighted by Gasteiger charge is -2.28. The number of likely N-dealkylation sites (N-methyl/N-ethyl adjacent to an activating group) is 1. The lowest BCUT2D eigenvalue weighted by atomic mass is 10.0. The van der Waals surface area contributed by atoms with E-state index in [-0.39, 0.29) is 36.9 Å². The molecular weight excluding hydrogens is 390 g/mol. The van der Waals surface area contributed by atoms with Gasteiger partial charge >= 0.3 is 5.97 Å². The molecule has 1 fully saturated rings. The summed E-state index contributed by atoms with van der Waals surface area (Å²) in [5.74, 6) is -0.759. The molecule has 0 bridgehead atoms. The van der Waals surface area contributed by atoms with Crippen molar-refractivity contribution in [3.8, 4) is 0 Å². The summed E-state index contributed by atoms with van der Waals surface area (Å²) in [6.07, 6.45) is 4.59. The molecule has 164 valence electrons. The zero-order valence-corrected chi connectivity index (χ0v) is 18.9. The highest BCUT2D eigenvalue weighted by molar-refractivity contribution is 5.96. The van der Waals surface area contributed by atoms with Gasteiger partial charge in [-0.05, 0) is 63.7 Å². The Morgan fingerprint density at radius 1 is 1.21 bits per heavy atom. The molecule has 2 atom stereocenters. The average Bonchev–Trinajstić information content (AvgIpc) is 2.93. The maximum Gasteiger partial charge on any atom is 0.317 e. The number of carboxylic acid groups (broad SMARTS) is 1. The van der Waals surface area contributed by atoms with Gasteiger partial charge in [-0.25, -0.2) is 0 Å². The Labute approximate surface area is 181 Å². The molecule has 1 aromatic carbocycles. The van der Waals surface area contributed by atoms with Crippen molar-refractivity contribution in [1.29, 1.82) is 0 Å². The number of benzene rings is 1. The average molecular weight is 426 g/mol. The molecule has 1 aliphatic heterocycles. The maximum absolute atomic E-state index is 13.0. The van der Waals surface area contributed by atoms with E-state index < -0.39 is 5.97 Å². The predicted octanol–water partition coefficient (Wildman–Crippen LogP) is 3.43. The van der Waals surface area contributed by atoms with Crippen LogP contribution in [0.2, 0.25) is 0 Å². The molecule has 0 aromatic heterocycles. The van der Waals surface area contributed by atoms with Crippen molar-refractivity contribution in [3.05, 3.63) is 29.3 Å². The van der Waals surface area contributed by atoms with E-state index in [9.17, 15) is 9.59 Å². The summed E-state index contributed by atoms with van der Waals surface area (Å²) in [7, 11) is 1.87. The molecule has 1 saturated heterocycles. The lowest BCUT2D eigenvalue weighted by molar-refractivity contribution is -0.138. The van der Waals surface area contributed by atoms with Gasteiger partial charge in [-0.3, -0.25) is 19.4 Å². The minimum atomic E-state index is -0.794. The van der Waals surface area contributed by atoms with Crippen LogP contribution < -0.4 is 5.32 Å². The summed E-state index contributed by atoms with van der Waals surface area (Å²) in [6, 6.07) is 6.25. The minimum Gasteiger partial charge on any atom is -0.480 e. The SMILES string of the molecule is CCc1cccc(CC)c1NC(=O)C(C)N1CCCC(N(C)CC(=O)O)CC1.Cl. The van der Waals surface area contributed by atoms with Gasteiger partial charge in [0.25, 0.3) is 0 Å². The maximum atomic E-state index is 13.0. The number of nitrogens with zero attached hydrogens (tertiary/aromatic N) is 2. The van der Waals surface area contributed by atoms with Crippen LogP contribution >= 0.6 is 12.4 Å². The molecule has 6 nitrogen and oxygen atoms in total. The van der Waals surface area contributed by atoms with Gasteiger partial charge < -0.3 is 10.4 Å². The first kappa shape index (κ1) is 25.4. The van der Waals surface area contributed by atoms with Crippen LogP contribution in [0.4, 0.5) is 5.69 Å². The van der Waals surface area contributed by atoms with E-state index in [1.165, 1.54) is 11.1 Å². The van der Waals surface area contributed by atoms with Gasteiger partial charge in [0.05, 0.1) is 12.6 Å². The zero-order valence-electron chi connectivity index (χ0n) is 18.1. The number of hydrogen-bond acceptors (Lipinski definition) is 4. The zero-order chi connectivity index (χ0) is 20.7. The van der Waals surface area contributed by atoms with Crippen molar-refractivity contribution < 1.29 is 14.7 Å². The molecule has 0 spiro atoms. The number of hydrogen-bond donors (Lipinski definition) is 2. The molecule has 0 aliphatic carbocycles. The number of aryl methyl sites for hydroxylation is 2. The molecule has 29 heavy (non-hydrogen) atoms. The Hall–Kier alpha value is -1.63. The highest BCUT2D eigenvalue weighted by Crippen LogP contribution is 2.24. The molecule has 0 saturated carbocycles. The van der Waals surface area contributed by atoms with E-state index in [0.717, 1.165) is 50.9 Å². The number of anilines is 1. The summed E-state index contributed by atoms with van der Waals surface area (Å²) >= 11 is 0. The molecular formula is C22H36ClN3O3. The number of amides is 1. The molecule has 2 rings (SSSR count). The van der Waals surface area contributed by atoms with Gasteiger partial charge in [-0.2, -0.15) is 0 Å². The topological polar surface area (TPSA) is 72.9 Å². The number of carbonyl (C=O) groups is 2. The van der Waals surface area contributed by atoms with E-state index in [1.807, 2.05) is 18.9 Å². The Kier molecular flexibility index (Phi) is 10.6. The first-order valence-corrected chi connectivity index (χ1v) is 10.4. The van der Waals surface area contributed by atoms with Crippen LogP contribution in [0.25, 0.3) is 0 Å². The Bertz CT molecular complexity index is 661. The van der Waals surface area contributed by atoms with Crippen LogP contribution in [0.15, 0.2) is 18.2 Å². The number of carbonyl (C=O) groups excluding carboxylic acids is 1. The van der Waals surface area contributed by atoms with E-state index in [2.05, 4.69) is 42.3 Å². The Morgan fingerprint density at radius 2 is 1.83 bits per heavy atom. The van der Waals surface area contributed by atoms with Crippen molar-refractivity contribution >= 4 is 30.0 Å². The number of aliphatic carboxylic acids is 1. The molecule has 1 heterocycles. The summed E-state index contributed by atoms with van der Waals surface area (Å²) in [6.45, 7) is 7.92. The smallest absolute Gasteiger partial charge is 0.317 e. The summed E-state index contributed by atoms with van der Waals surface area (Å²) in [5, 5.41) is 12.2. The number of halogens is 1. The van der Waals surface area contributed by atoms with Crippen molar-refractivity contribution in [2.24, 2.45) is 0 Å². The normalized spacial score (nSPS) is 18.6. The van der Waals surface area contributed by atoms with E-state index in [1.54, 1.807) is 0 Å². The molecule has 7 heteroatoms. The van der Waals surface area contributed by atoms with Crippen LogP contribution in [0, 0.1) is 0 Å². The highest BCUT2D eigenvalue weighted by Gasteiger charge is 2.27. The fourth-order valence-corrected chi connectivity index (χ4v) is 4.07. The summed E-state index contributed by atoms with van der Waals surface area (Å²) in [4.78, 5) is 28.1. The standard InChI is InChI=1S/C22H35N3O3.ClH/c1-5-17-9-7-10-18(6-2)21(17)23-22(28)16(3)25-13-8-11-19(12-14-25)24(4)15-20(26)27;/h7,9-10,16,19H,5-6,8,11-15H2,1-4H3,(H,23,28)(H,26,27);1H. The predicted molar refractivity (Wildman–Crippen MR) is 120 cm³/mol. The fourth-order valence-electron chi connectivity index (χ4n) is 4.07. The van der Waals surface area contributed by atoms with Crippen LogP contribution in [-0.2, 0) is 22.4 Å². The largest absolute Gasteiger partial charge is 0.480 e. The summed E-state index contributed by atoms with van der Waals surface area (Å²) < 4.78 is 0. The molecule has 2 N–H and O–H groups in total. The van der Waals surface area contributed by atoms with Gasteiger partial charge in [0.1, 0.15) is 0 Å². The number of likely N-dealkylation sites (tertiary alicyclic amines) is 1. The van der Waals surface area contributed by atoms with E-state index >= 15 is 0 Å². The second-order valence-electron chi connectivity index (χ2n) is 7.75. The van der Waals surface area contributed by atoms with Crippen molar-refractivity contribution in [3.63, 3.8) is 0 Å². The molecule has 1 aliphatic rings. The molecule has 1 amide bonds. The first-order chi connectivity index (χ1) is 13.4. The van der Waals surface area contributed by atoms with Crippen LogP contribution in [0.1, 0.15) is 51.2 Å². The van der Waals surface area contributed by atoms with Gasteiger partial charge in [-0.15, -0.1) is 12.4 Å². The van der Waals surface area contributed by atoms with E-state index in [0.29, 0.717) is 0 Å². The van der Waals surface area contributed by atoms with Crippen LogP contribution in [0.3, 0.4) is 0 Å². The minimum absolute atomic E-state index is 0. The van der Waals surface area contributed by atoms with Crippen molar-refractivity contribution in [2.45, 2.75) is 65.0 Å². The number of nitrogens with one attached hydrogen (secondary N) is 1. The number of para-hydroxylation sites is 1. The third-order valence-electron chi connectivity index (χ3n) is 5.91.